The second-order valence-electron chi connectivity index (χ2n) is 8.27. The molecule has 1 fully saturated rings. The zero-order chi connectivity index (χ0) is 24.1. The van der Waals surface area contributed by atoms with Crippen LogP contribution in [0, 0.1) is 0 Å². The first-order valence-electron chi connectivity index (χ1n) is 10.8. The standard InChI is InChI=1S/C21H35N2O8P/c1-5-11-22-12-18(24)20(26)19(25)17(22)13-30-32(29,31-16-9-7-6-8-10-16)23(14(2)3)15(4)21(27)28/h6-10,14-15,17-20,24-26H,5,11-13H2,1-4H3,(H,27,28)/t15-,17+,18-,19+,20+,32?/m0/s1. The summed E-state index contributed by atoms with van der Waals surface area (Å²) in [7, 11) is -4.22. The first kappa shape index (κ1) is 26.7. The number of para-hydroxylation sites is 1. The molecule has 1 heterocycles. The Morgan fingerprint density at radius 2 is 1.81 bits per heavy atom. The summed E-state index contributed by atoms with van der Waals surface area (Å²) in [6.07, 6.45) is -3.14. The van der Waals surface area contributed by atoms with Crippen LogP contribution >= 0.6 is 7.75 Å². The van der Waals surface area contributed by atoms with Crippen LogP contribution in [0.25, 0.3) is 0 Å². The first-order chi connectivity index (χ1) is 15.0. The van der Waals surface area contributed by atoms with Gasteiger partial charge in [-0.05, 0) is 45.9 Å². The van der Waals surface area contributed by atoms with Crippen molar-refractivity contribution in [2.75, 3.05) is 19.7 Å². The lowest BCUT2D eigenvalue weighted by molar-refractivity contribution is -0.145. The van der Waals surface area contributed by atoms with E-state index in [2.05, 4.69) is 0 Å². The van der Waals surface area contributed by atoms with Gasteiger partial charge in [0.25, 0.3) is 0 Å². The Bertz CT molecular complexity index is 780. The van der Waals surface area contributed by atoms with Gasteiger partial charge in [0.05, 0.1) is 18.8 Å². The number of benzene rings is 1. The number of nitrogens with zero attached hydrogens (tertiary/aromatic N) is 2. The zero-order valence-corrected chi connectivity index (χ0v) is 19.8. The number of piperidine rings is 1. The fraction of sp³-hybridized carbons (Fsp3) is 0.667. The smallest absolute Gasteiger partial charge is 0.462 e. The molecule has 182 valence electrons. The Morgan fingerprint density at radius 3 is 2.34 bits per heavy atom. The maximum Gasteiger partial charge on any atom is 0.462 e. The highest BCUT2D eigenvalue weighted by atomic mass is 31.2. The fourth-order valence-electron chi connectivity index (χ4n) is 3.88. The van der Waals surface area contributed by atoms with E-state index in [0.29, 0.717) is 6.54 Å². The van der Waals surface area contributed by atoms with Gasteiger partial charge in [-0.3, -0.25) is 14.2 Å². The van der Waals surface area contributed by atoms with E-state index in [0.717, 1.165) is 6.42 Å². The van der Waals surface area contributed by atoms with E-state index in [4.69, 9.17) is 9.05 Å². The SMILES string of the molecule is CCCN1C[C@H](O)[C@@H](O)[C@H](O)[C@H]1COP(=O)(Oc1ccccc1)N(C(C)C)[C@@H](C)C(=O)O. The van der Waals surface area contributed by atoms with E-state index in [1.54, 1.807) is 49.1 Å². The Morgan fingerprint density at radius 1 is 1.19 bits per heavy atom. The van der Waals surface area contributed by atoms with Crippen molar-refractivity contribution in [1.29, 1.82) is 0 Å². The lowest BCUT2D eigenvalue weighted by Gasteiger charge is -2.44. The number of carboxylic acids is 1. The van der Waals surface area contributed by atoms with Crippen molar-refractivity contribution in [2.45, 2.75) is 70.6 Å². The van der Waals surface area contributed by atoms with Crippen molar-refractivity contribution < 1.29 is 38.8 Å². The van der Waals surface area contributed by atoms with Crippen LogP contribution in [0.5, 0.6) is 5.75 Å². The van der Waals surface area contributed by atoms with E-state index in [-0.39, 0.29) is 18.9 Å². The molecule has 0 amide bonds. The van der Waals surface area contributed by atoms with E-state index >= 15 is 0 Å². The molecule has 11 heteroatoms. The maximum atomic E-state index is 14.0. The van der Waals surface area contributed by atoms with Crippen LogP contribution in [0.3, 0.4) is 0 Å². The monoisotopic (exact) mass is 474 g/mol. The molecule has 1 saturated heterocycles. The summed E-state index contributed by atoms with van der Waals surface area (Å²) in [4.78, 5) is 13.5. The second-order valence-corrected chi connectivity index (χ2v) is 10.1. The van der Waals surface area contributed by atoms with E-state index < -0.39 is 50.2 Å². The number of aliphatic hydroxyl groups is 3. The number of aliphatic carboxylic acids is 1. The van der Waals surface area contributed by atoms with Crippen molar-refractivity contribution in [3.05, 3.63) is 30.3 Å². The number of rotatable bonds is 11. The molecular formula is C21H35N2O8P. The van der Waals surface area contributed by atoms with Crippen molar-refractivity contribution >= 4 is 13.7 Å². The molecule has 1 aliphatic rings. The zero-order valence-electron chi connectivity index (χ0n) is 18.9. The molecular weight excluding hydrogens is 439 g/mol. The molecule has 6 atom stereocenters. The molecule has 0 saturated carbocycles. The Hall–Kier alpha value is -1.52. The molecule has 0 bridgehead atoms. The van der Waals surface area contributed by atoms with E-state index in [9.17, 15) is 29.8 Å². The lowest BCUT2D eigenvalue weighted by atomic mass is 9.94. The van der Waals surface area contributed by atoms with Crippen LogP contribution in [0.15, 0.2) is 30.3 Å². The lowest BCUT2D eigenvalue weighted by Crippen LogP contribution is -2.62. The van der Waals surface area contributed by atoms with Crippen LogP contribution in [0.1, 0.15) is 34.1 Å². The molecule has 4 N–H and O–H groups in total. The quantitative estimate of drug-likeness (QED) is 0.349. The topological polar surface area (TPSA) is 140 Å². The first-order valence-corrected chi connectivity index (χ1v) is 12.3. The van der Waals surface area contributed by atoms with Crippen LogP contribution < -0.4 is 4.52 Å². The van der Waals surface area contributed by atoms with Gasteiger partial charge in [-0.15, -0.1) is 0 Å². The number of hydrogen-bond donors (Lipinski definition) is 4. The normalized spacial score (nSPS) is 27.3. The largest absolute Gasteiger partial charge is 0.480 e. The van der Waals surface area contributed by atoms with Crippen LogP contribution in [0.2, 0.25) is 0 Å². The number of likely N-dealkylation sites (tertiary alicyclic amines) is 1. The molecule has 1 unspecified atom stereocenters. The molecule has 1 aromatic rings. The summed E-state index contributed by atoms with van der Waals surface area (Å²) < 4.78 is 26.8. The number of carbonyl (C=O) groups is 1. The van der Waals surface area contributed by atoms with Gasteiger partial charge in [0, 0.05) is 12.6 Å². The average Bonchev–Trinajstić information content (AvgIpc) is 2.72. The molecule has 32 heavy (non-hydrogen) atoms. The minimum Gasteiger partial charge on any atom is -0.480 e. The highest BCUT2D eigenvalue weighted by molar-refractivity contribution is 7.51. The van der Waals surface area contributed by atoms with Crippen molar-refractivity contribution in [2.24, 2.45) is 0 Å². The summed E-state index contributed by atoms with van der Waals surface area (Å²) in [5.74, 6) is -0.952. The predicted octanol–water partition coefficient (Wildman–Crippen LogP) is 1.55. The fourth-order valence-corrected chi connectivity index (χ4v) is 5.98. The minimum atomic E-state index is -4.22. The molecule has 0 spiro atoms. The summed E-state index contributed by atoms with van der Waals surface area (Å²) in [6.45, 7) is 7.02. The van der Waals surface area contributed by atoms with Crippen molar-refractivity contribution in [3.8, 4) is 5.75 Å². The third kappa shape index (κ3) is 6.29. The number of β-amino-alcohol motifs (C(OH)–C–C–N with tert-alkyl or cyclic N) is 1. The molecule has 2 rings (SSSR count). The summed E-state index contributed by atoms with van der Waals surface area (Å²) >= 11 is 0. The van der Waals surface area contributed by atoms with Gasteiger partial charge in [0.15, 0.2) is 0 Å². The molecule has 1 aromatic carbocycles. The Balaban J connectivity index is 2.36. The average molecular weight is 474 g/mol. The third-order valence-corrected chi connectivity index (χ3v) is 7.77. The number of hydrogen-bond acceptors (Lipinski definition) is 8. The van der Waals surface area contributed by atoms with Gasteiger partial charge < -0.3 is 24.9 Å². The van der Waals surface area contributed by atoms with Gasteiger partial charge in [-0.25, -0.2) is 4.57 Å². The molecule has 1 aliphatic heterocycles. The summed E-state index contributed by atoms with van der Waals surface area (Å²) in [5.41, 5.74) is 0. The highest BCUT2D eigenvalue weighted by Crippen LogP contribution is 2.54. The third-order valence-electron chi connectivity index (χ3n) is 5.48. The minimum absolute atomic E-state index is 0.114. The Labute approximate surface area is 189 Å². The summed E-state index contributed by atoms with van der Waals surface area (Å²) in [6, 6.07) is 5.84. The number of carboxylic acid groups (broad SMARTS) is 1. The summed E-state index contributed by atoms with van der Waals surface area (Å²) in [5, 5.41) is 40.3. The van der Waals surface area contributed by atoms with Gasteiger partial charge in [-0.1, -0.05) is 25.1 Å². The van der Waals surface area contributed by atoms with Crippen molar-refractivity contribution in [3.63, 3.8) is 0 Å². The molecule has 10 nitrogen and oxygen atoms in total. The Kier molecular flexibility index (Phi) is 9.66. The molecule has 0 aromatic heterocycles. The van der Waals surface area contributed by atoms with E-state index in [1.807, 2.05) is 6.92 Å². The maximum absolute atomic E-state index is 14.0. The van der Waals surface area contributed by atoms with Crippen LogP contribution in [-0.2, 0) is 13.9 Å². The van der Waals surface area contributed by atoms with Crippen molar-refractivity contribution in [1.82, 2.24) is 9.57 Å². The molecule has 0 radical (unpaired) electrons. The van der Waals surface area contributed by atoms with Gasteiger partial charge >= 0.3 is 13.7 Å². The van der Waals surface area contributed by atoms with Gasteiger partial charge in [0.2, 0.25) is 0 Å². The predicted molar refractivity (Wildman–Crippen MR) is 118 cm³/mol. The van der Waals surface area contributed by atoms with Gasteiger partial charge in [0.1, 0.15) is 24.0 Å². The van der Waals surface area contributed by atoms with Crippen LogP contribution in [0.4, 0.5) is 0 Å². The second kappa shape index (κ2) is 11.6. The number of aliphatic hydroxyl groups excluding tert-OH is 3. The van der Waals surface area contributed by atoms with Gasteiger partial charge in [-0.2, -0.15) is 4.67 Å². The van der Waals surface area contributed by atoms with Crippen LogP contribution in [-0.4, -0.2) is 92.1 Å². The highest BCUT2D eigenvalue weighted by Gasteiger charge is 2.46. The van der Waals surface area contributed by atoms with E-state index in [1.165, 1.54) is 11.6 Å². The molecule has 0 aliphatic carbocycles.